The highest BCUT2D eigenvalue weighted by atomic mass is 19.3. The van der Waals surface area contributed by atoms with Gasteiger partial charge in [-0.25, -0.2) is 13.8 Å². The monoisotopic (exact) mass is 643 g/mol. The number of benzene rings is 2. The van der Waals surface area contributed by atoms with Crippen LogP contribution < -0.4 is 4.74 Å². The number of carbonyl (C=O) groups excluding carboxylic acids is 1. The molecule has 2 aromatic carbocycles. The number of carbonyl (C=O) groups is 1. The number of piperazine rings is 1. The lowest BCUT2D eigenvalue weighted by atomic mass is 9.87. The molecule has 1 amide bonds. The second-order valence-electron chi connectivity index (χ2n) is 13.3. The Labute approximate surface area is 274 Å². The Morgan fingerprint density at radius 2 is 1.87 bits per heavy atom. The van der Waals surface area contributed by atoms with Crippen LogP contribution in [0, 0.1) is 0 Å². The molecule has 7 rings (SSSR count). The summed E-state index contributed by atoms with van der Waals surface area (Å²) in [5.74, 6) is 2.16. The predicted molar refractivity (Wildman–Crippen MR) is 177 cm³/mol. The maximum Gasteiger partial charge on any atom is 0.264 e. The molecule has 1 saturated heterocycles. The smallest absolute Gasteiger partial charge is 0.264 e. The van der Waals surface area contributed by atoms with E-state index >= 15 is 0 Å². The number of H-pyrrole nitrogens is 1. The van der Waals surface area contributed by atoms with E-state index in [-0.39, 0.29) is 30.4 Å². The van der Waals surface area contributed by atoms with Crippen molar-refractivity contribution in [3.8, 4) is 11.5 Å². The highest BCUT2D eigenvalue weighted by Gasteiger charge is 2.29. The van der Waals surface area contributed by atoms with Gasteiger partial charge in [0.2, 0.25) is 5.91 Å². The molecule has 10 heteroatoms. The first-order chi connectivity index (χ1) is 22.9. The Balaban J connectivity index is 1.04. The van der Waals surface area contributed by atoms with Crippen molar-refractivity contribution in [2.75, 3.05) is 45.9 Å². The molecule has 2 N–H and O–H groups in total. The first-order valence-corrected chi connectivity index (χ1v) is 16.9. The van der Waals surface area contributed by atoms with Gasteiger partial charge in [-0.2, -0.15) is 0 Å². The maximum absolute atomic E-state index is 14.2. The van der Waals surface area contributed by atoms with Crippen molar-refractivity contribution in [2.45, 2.75) is 64.0 Å². The summed E-state index contributed by atoms with van der Waals surface area (Å²) in [6.45, 7) is 7.55. The molecule has 47 heavy (non-hydrogen) atoms. The number of fused-ring (bicyclic) bond motifs is 2. The van der Waals surface area contributed by atoms with E-state index < -0.39 is 6.43 Å². The van der Waals surface area contributed by atoms with Crippen LogP contribution in [0.3, 0.4) is 0 Å². The molecule has 1 atom stereocenters. The average molecular weight is 644 g/mol. The lowest BCUT2D eigenvalue weighted by Gasteiger charge is -2.35. The predicted octanol–water partition coefficient (Wildman–Crippen LogP) is 6.36. The molecule has 1 aliphatic carbocycles. The zero-order valence-corrected chi connectivity index (χ0v) is 26.9. The number of amides is 1. The van der Waals surface area contributed by atoms with Crippen LogP contribution in [-0.4, -0.2) is 81.6 Å². The molecule has 1 saturated carbocycles. The standard InChI is InChI=1S/C37H43F2N5O3/c1-2-25-22-44(35(46)18-24-3-4-27(31(17-24)36(38)39)21-43-13-11-42(12-14-43)15-16-45)23-28-19-29(7-8-30(25)28)47-34-9-10-40-37-32(34)20-33(41-37)26-5-6-26/h3-4,7-10,17,19-20,25-26,36,45H,2,5-6,11-16,18,21-23H2,1H3,(H,40,41)/t25-/m1/s1. The van der Waals surface area contributed by atoms with Gasteiger partial charge in [0.1, 0.15) is 17.1 Å². The van der Waals surface area contributed by atoms with Crippen LogP contribution in [0.5, 0.6) is 11.5 Å². The second-order valence-corrected chi connectivity index (χ2v) is 13.3. The number of hydrogen-bond donors (Lipinski definition) is 2. The number of pyridine rings is 1. The molecule has 0 unspecified atom stereocenters. The highest BCUT2D eigenvalue weighted by Crippen LogP contribution is 2.42. The van der Waals surface area contributed by atoms with Gasteiger partial charge in [-0.15, -0.1) is 0 Å². The molecule has 0 bridgehead atoms. The molecule has 0 spiro atoms. The number of aliphatic hydroxyl groups excluding tert-OH is 1. The van der Waals surface area contributed by atoms with E-state index in [4.69, 9.17) is 4.74 Å². The number of aromatic nitrogens is 2. The van der Waals surface area contributed by atoms with Crippen molar-refractivity contribution >= 4 is 16.9 Å². The topological polar surface area (TPSA) is 84.9 Å². The summed E-state index contributed by atoms with van der Waals surface area (Å²) in [6, 6.07) is 15.3. The largest absolute Gasteiger partial charge is 0.457 e. The van der Waals surface area contributed by atoms with E-state index in [2.05, 4.69) is 38.8 Å². The van der Waals surface area contributed by atoms with Gasteiger partial charge in [-0.1, -0.05) is 25.1 Å². The second kappa shape index (κ2) is 13.7. The van der Waals surface area contributed by atoms with E-state index in [1.807, 2.05) is 29.2 Å². The summed E-state index contributed by atoms with van der Waals surface area (Å²) in [7, 11) is 0. The van der Waals surface area contributed by atoms with Crippen molar-refractivity contribution in [3.63, 3.8) is 0 Å². The van der Waals surface area contributed by atoms with Crippen LogP contribution in [0.25, 0.3) is 11.0 Å². The van der Waals surface area contributed by atoms with Crippen LogP contribution in [-0.2, 0) is 24.3 Å². The number of hydrogen-bond acceptors (Lipinski definition) is 6. The third-order valence-corrected chi connectivity index (χ3v) is 10.0. The molecular weight excluding hydrogens is 600 g/mol. The SMILES string of the molecule is CC[C@@H]1CN(C(=O)Cc2ccc(CN3CCN(CCO)CC3)c(C(F)F)c2)Cc2cc(Oc3ccnc4[nH]c(C5CC5)cc34)ccc21. The van der Waals surface area contributed by atoms with Crippen molar-refractivity contribution in [1.29, 1.82) is 0 Å². The number of nitrogens with one attached hydrogen (secondary N) is 1. The molecule has 8 nitrogen and oxygen atoms in total. The van der Waals surface area contributed by atoms with E-state index in [0.717, 1.165) is 54.9 Å². The molecule has 3 aliphatic rings. The fourth-order valence-corrected chi connectivity index (χ4v) is 7.15. The summed E-state index contributed by atoms with van der Waals surface area (Å²) in [5.41, 5.74) is 5.52. The number of β-amino-alcohol motifs (C(OH)–C–C–N with tert-alkyl or cyclic N) is 1. The van der Waals surface area contributed by atoms with Crippen molar-refractivity contribution in [3.05, 3.63) is 88.2 Å². The Morgan fingerprint density at radius 1 is 1.06 bits per heavy atom. The van der Waals surface area contributed by atoms with Gasteiger partial charge in [-0.3, -0.25) is 14.6 Å². The van der Waals surface area contributed by atoms with E-state index in [1.54, 1.807) is 12.3 Å². The first-order valence-electron chi connectivity index (χ1n) is 16.9. The number of rotatable bonds is 11. The minimum Gasteiger partial charge on any atom is -0.457 e. The summed E-state index contributed by atoms with van der Waals surface area (Å²) >= 11 is 0. The molecular formula is C37H43F2N5O3. The minimum absolute atomic E-state index is 0.00203. The highest BCUT2D eigenvalue weighted by molar-refractivity contribution is 5.84. The van der Waals surface area contributed by atoms with Gasteiger partial charge in [0.05, 0.1) is 18.4 Å². The summed E-state index contributed by atoms with van der Waals surface area (Å²) in [6.07, 6.45) is 2.50. The first kappa shape index (κ1) is 31.7. The zero-order chi connectivity index (χ0) is 32.5. The number of aliphatic hydroxyl groups is 1. The molecule has 2 aromatic heterocycles. The van der Waals surface area contributed by atoms with Crippen molar-refractivity contribution < 1.29 is 23.4 Å². The fraction of sp³-hybridized carbons (Fsp3) is 0.459. The van der Waals surface area contributed by atoms with Crippen LogP contribution in [0.4, 0.5) is 8.78 Å². The number of halogens is 2. The molecule has 4 heterocycles. The van der Waals surface area contributed by atoms with E-state index in [9.17, 15) is 18.7 Å². The van der Waals surface area contributed by atoms with Crippen LogP contribution in [0.1, 0.15) is 78.0 Å². The number of nitrogens with zero attached hydrogens (tertiary/aromatic N) is 4. The number of ether oxygens (including phenoxy) is 1. The van der Waals surface area contributed by atoms with Crippen LogP contribution in [0.15, 0.2) is 54.7 Å². The lowest BCUT2D eigenvalue weighted by Crippen LogP contribution is -2.46. The average Bonchev–Trinajstić information content (AvgIpc) is 3.84. The van der Waals surface area contributed by atoms with Crippen LogP contribution in [0.2, 0.25) is 0 Å². The molecule has 2 aliphatic heterocycles. The minimum atomic E-state index is -2.62. The molecule has 0 radical (unpaired) electrons. The third kappa shape index (κ3) is 7.05. The summed E-state index contributed by atoms with van der Waals surface area (Å²) < 4.78 is 34.9. The molecule has 248 valence electrons. The van der Waals surface area contributed by atoms with Gasteiger partial charge in [0.25, 0.3) is 6.43 Å². The van der Waals surface area contributed by atoms with Gasteiger partial charge in [0.15, 0.2) is 0 Å². The van der Waals surface area contributed by atoms with E-state index in [1.165, 1.54) is 30.2 Å². The van der Waals surface area contributed by atoms with Crippen LogP contribution >= 0.6 is 0 Å². The van der Waals surface area contributed by atoms with Gasteiger partial charge < -0.3 is 19.7 Å². The molecule has 2 fully saturated rings. The zero-order valence-electron chi connectivity index (χ0n) is 26.9. The lowest BCUT2D eigenvalue weighted by molar-refractivity contribution is -0.131. The Hall–Kier alpha value is -3.86. The van der Waals surface area contributed by atoms with E-state index in [0.29, 0.717) is 49.0 Å². The van der Waals surface area contributed by atoms with Gasteiger partial charge in [0, 0.05) is 75.7 Å². The van der Waals surface area contributed by atoms with Crippen molar-refractivity contribution in [2.24, 2.45) is 0 Å². The van der Waals surface area contributed by atoms with Crippen molar-refractivity contribution in [1.82, 2.24) is 24.7 Å². The quantitative estimate of drug-likeness (QED) is 0.198. The number of aromatic amines is 1. The normalized spacial score (nSPS) is 19.0. The maximum atomic E-state index is 14.2. The number of alkyl halides is 2. The Morgan fingerprint density at radius 3 is 2.62 bits per heavy atom. The fourth-order valence-electron chi connectivity index (χ4n) is 7.15. The summed E-state index contributed by atoms with van der Waals surface area (Å²) in [4.78, 5) is 27.8. The molecule has 4 aromatic rings. The van der Waals surface area contributed by atoms with Gasteiger partial charge >= 0.3 is 0 Å². The third-order valence-electron chi connectivity index (χ3n) is 10.0. The Kier molecular flexibility index (Phi) is 9.25. The van der Waals surface area contributed by atoms with Gasteiger partial charge in [-0.05, 0) is 77.8 Å². The Bertz CT molecular complexity index is 1730. The summed E-state index contributed by atoms with van der Waals surface area (Å²) in [5, 5.41) is 10.2.